The standard InChI is InChI=1S/C23H28N4OS/c1-16-3-4-21(17(2)13-16)27-22(19-6-9-24-10-7-19)20(14-26-27)23(28)25-11-5-18-8-12-29-15-18/h3-4,8,12-15,19,24H,5-7,9-11H2,1-2H3,(H,25,28). The van der Waals surface area contributed by atoms with E-state index in [4.69, 9.17) is 0 Å². The SMILES string of the molecule is Cc1ccc(-n2ncc(C(=O)NCCc3ccsc3)c2C2CCNCC2)c(C)c1. The lowest BCUT2D eigenvalue weighted by Crippen LogP contribution is -2.31. The maximum atomic E-state index is 13.0. The molecule has 4 rings (SSSR count). The number of piperidine rings is 1. The number of rotatable bonds is 6. The Labute approximate surface area is 176 Å². The number of carbonyl (C=O) groups is 1. The number of aryl methyl sites for hydroxylation is 2. The van der Waals surface area contributed by atoms with Crippen molar-refractivity contribution in [2.75, 3.05) is 19.6 Å². The summed E-state index contributed by atoms with van der Waals surface area (Å²) < 4.78 is 2.00. The number of carbonyl (C=O) groups excluding carboxylic acids is 1. The van der Waals surface area contributed by atoms with Crippen LogP contribution in [0.4, 0.5) is 0 Å². The lowest BCUT2D eigenvalue weighted by molar-refractivity contribution is 0.0952. The Morgan fingerprint density at radius 3 is 2.83 bits per heavy atom. The van der Waals surface area contributed by atoms with Crippen LogP contribution in [0.2, 0.25) is 0 Å². The number of benzene rings is 1. The number of nitrogens with zero attached hydrogens (tertiary/aromatic N) is 2. The molecule has 1 aliphatic rings. The Bertz CT molecular complexity index is 971. The molecule has 1 saturated heterocycles. The maximum absolute atomic E-state index is 13.0. The molecule has 0 aliphatic carbocycles. The van der Waals surface area contributed by atoms with E-state index in [1.165, 1.54) is 16.7 Å². The summed E-state index contributed by atoms with van der Waals surface area (Å²) in [6.07, 6.45) is 4.64. The normalized spacial score (nSPS) is 14.8. The van der Waals surface area contributed by atoms with E-state index in [1.807, 2.05) is 4.68 Å². The first kappa shape index (κ1) is 19.9. The van der Waals surface area contributed by atoms with Gasteiger partial charge in [0, 0.05) is 12.5 Å². The van der Waals surface area contributed by atoms with Crippen molar-refractivity contribution in [3.05, 3.63) is 69.2 Å². The molecule has 5 nitrogen and oxygen atoms in total. The van der Waals surface area contributed by atoms with E-state index in [9.17, 15) is 4.79 Å². The quantitative estimate of drug-likeness (QED) is 0.648. The second kappa shape index (κ2) is 8.93. The zero-order valence-electron chi connectivity index (χ0n) is 17.1. The molecule has 1 aliphatic heterocycles. The van der Waals surface area contributed by atoms with Crippen LogP contribution in [0.5, 0.6) is 0 Å². The van der Waals surface area contributed by atoms with Crippen molar-refractivity contribution in [1.82, 2.24) is 20.4 Å². The highest BCUT2D eigenvalue weighted by Gasteiger charge is 2.27. The third kappa shape index (κ3) is 4.43. The number of hydrogen-bond donors (Lipinski definition) is 2. The summed E-state index contributed by atoms with van der Waals surface area (Å²) >= 11 is 1.69. The Kier molecular flexibility index (Phi) is 6.11. The molecule has 0 bridgehead atoms. The Balaban J connectivity index is 1.62. The number of aromatic nitrogens is 2. The molecule has 0 radical (unpaired) electrons. The molecule has 1 fully saturated rings. The molecule has 0 saturated carbocycles. The van der Waals surface area contributed by atoms with Crippen molar-refractivity contribution in [3.63, 3.8) is 0 Å². The molecule has 0 atom stereocenters. The van der Waals surface area contributed by atoms with E-state index >= 15 is 0 Å². The number of nitrogens with one attached hydrogen (secondary N) is 2. The molecular weight excluding hydrogens is 380 g/mol. The molecular formula is C23H28N4OS. The zero-order valence-corrected chi connectivity index (χ0v) is 17.9. The van der Waals surface area contributed by atoms with Crippen LogP contribution >= 0.6 is 11.3 Å². The Morgan fingerprint density at radius 1 is 1.28 bits per heavy atom. The summed E-state index contributed by atoms with van der Waals surface area (Å²) in [6, 6.07) is 8.50. The minimum atomic E-state index is -0.0234. The van der Waals surface area contributed by atoms with Crippen molar-refractivity contribution in [3.8, 4) is 5.69 Å². The molecule has 3 aromatic rings. The van der Waals surface area contributed by atoms with Gasteiger partial charge in [0.05, 0.1) is 23.1 Å². The van der Waals surface area contributed by atoms with Gasteiger partial charge in [-0.25, -0.2) is 4.68 Å². The van der Waals surface area contributed by atoms with Gasteiger partial charge in [0.1, 0.15) is 0 Å². The average Bonchev–Trinajstić information content (AvgIpc) is 3.38. The Morgan fingerprint density at radius 2 is 2.10 bits per heavy atom. The van der Waals surface area contributed by atoms with Crippen LogP contribution in [0.25, 0.3) is 5.69 Å². The average molecular weight is 409 g/mol. The Hall–Kier alpha value is -2.44. The lowest BCUT2D eigenvalue weighted by atomic mass is 9.91. The van der Waals surface area contributed by atoms with Crippen LogP contribution < -0.4 is 10.6 Å². The second-order valence-electron chi connectivity index (χ2n) is 7.81. The molecule has 0 unspecified atom stereocenters. The second-order valence-corrected chi connectivity index (χ2v) is 8.59. The van der Waals surface area contributed by atoms with Crippen molar-refractivity contribution >= 4 is 17.2 Å². The molecule has 3 heterocycles. The maximum Gasteiger partial charge on any atom is 0.254 e. The molecule has 29 heavy (non-hydrogen) atoms. The largest absolute Gasteiger partial charge is 0.352 e. The minimum Gasteiger partial charge on any atom is -0.352 e. The van der Waals surface area contributed by atoms with E-state index in [-0.39, 0.29) is 5.91 Å². The molecule has 6 heteroatoms. The molecule has 1 aromatic carbocycles. The number of thiophene rings is 1. The fraction of sp³-hybridized carbons (Fsp3) is 0.391. The van der Waals surface area contributed by atoms with Gasteiger partial charge in [0.2, 0.25) is 0 Å². The third-order valence-electron chi connectivity index (χ3n) is 5.64. The van der Waals surface area contributed by atoms with E-state index in [1.54, 1.807) is 17.5 Å². The summed E-state index contributed by atoms with van der Waals surface area (Å²) in [5, 5.41) is 15.4. The first-order chi connectivity index (χ1) is 14.1. The van der Waals surface area contributed by atoms with Crippen molar-refractivity contribution < 1.29 is 4.79 Å². The summed E-state index contributed by atoms with van der Waals surface area (Å²) in [5.41, 5.74) is 6.48. The van der Waals surface area contributed by atoms with Crippen LogP contribution in [0.15, 0.2) is 41.2 Å². The molecule has 2 aromatic heterocycles. The van der Waals surface area contributed by atoms with Gasteiger partial charge in [0.15, 0.2) is 0 Å². The highest BCUT2D eigenvalue weighted by atomic mass is 32.1. The smallest absolute Gasteiger partial charge is 0.254 e. The first-order valence-corrected chi connectivity index (χ1v) is 11.2. The van der Waals surface area contributed by atoms with Gasteiger partial charge in [-0.1, -0.05) is 17.7 Å². The molecule has 2 N–H and O–H groups in total. The lowest BCUT2D eigenvalue weighted by Gasteiger charge is -2.25. The highest BCUT2D eigenvalue weighted by molar-refractivity contribution is 7.07. The monoisotopic (exact) mass is 408 g/mol. The van der Waals surface area contributed by atoms with Gasteiger partial charge in [-0.3, -0.25) is 4.79 Å². The van der Waals surface area contributed by atoms with E-state index < -0.39 is 0 Å². The third-order valence-corrected chi connectivity index (χ3v) is 6.37. The summed E-state index contributed by atoms with van der Waals surface area (Å²) in [4.78, 5) is 13.0. The van der Waals surface area contributed by atoms with Gasteiger partial charge >= 0.3 is 0 Å². The summed E-state index contributed by atoms with van der Waals surface area (Å²) in [7, 11) is 0. The predicted molar refractivity (Wildman–Crippen MR) is 118 cm³/mol. The number of amides is 1. The molecule has 1 amide bonds. The fourth-order valence-corrected chi connectivity index (χ4v) is 4.81. The van der Waals surface area contributed by atoms with Gasteiger partial charge in [0.25, 0.3) is 5.91 Å². The van der Waals surface area contributed by atoms with E-state index in [0.29, 0.717) is 18.0 Å². The molecule has 152 valence electrons. The van der Waals surface area contributed by atoms with Crippen molar-refractivity contribution in [2.45, 2.75) is 39.0 Å². The predicted octanol–water partition coefficient (Wildman–Crippen LogP) is 3.99. The van der Waals surface area contributed by atoms with Crippen LogP contribution in [0.3, 0.4) is 0 Å². The summed E-state index contributed by atoms with van der Waals surface area (Å²) in [6.45, 7) is 6.79. The van der Waals surface area contributed by atoms with Gasteiger partial charge in [-0.15, -0.1) is 0 Å². The van der Waals surface area contributed by atoms with Gasteiger partial charge in [-0.05, 0) is 80.2 Å². The zero-order chi connectivity index (χ0) is 20.2. The van der Waals surface area contributed by atoms with Crippen LogP contribution in [0, 0.1) is 13.8 Å². The fourth-order valence-electron chi connectivity index (χ4n) is 4.11. The first-order valence-electron chi connectivity index (χ1n) is 10.3. The number of hydrogen-bond acceptors (Lipinski definition) is 4. The molecule has 0 spiro atoms. The van der Waals surface area contributed by atoms with Crippen LogP contribution in [0.1, 0.15) is 51.5 Å². The van der Waals surface area contributed by atoms with Crippen LogP contribution in [-0.2, 0) is 6.42 Å². The summed E-state index contributed by atoms with van der Waals surface area (Å²) in [5.74, 6) is 0.307. The van der Waals surface area contributed by atoms with E-state index in [0.717, 1.165) is 43.7 Å². The van der Waals surface area contributed by atoms with Crippen molar-refractivity contribution in [1.29, 1.82) is 0 Å². The van der Waals surface area contributed by atoms with Crippen molar-refractivity contribution in [2.24, 2.45) is 0 Å². The highest BCUT2D eigenvalue weighted by Crippen LogP contribution is 2.31. The van der Waals surface area contributed by atoms with Gasteiger partial charge < -0.3 is 10.6 Å². The minimum absolute atomic E-state index is 0.0234. The van der Waals surface area contributed by atoms with Crippen LogP contribution in [-0.4, -0.2) is 35.3 Å². The topological polar surface area (TPSA) is 59.0 Å². The van der Waals surface area contributed by atoms with Gasteiger partial charge in [-0.2, -0.15) is 16.4 Å². The van der Waals surface area contributed by atoms with E-state index in [2.05, 4.69) is 64.6 Å².